The minimum Gasteiger partial charge on any atom is -0.338 e. The van der Waals surface area contributed by atoms with Crippen LogP contribution in [0.2, 0.25) is 5.02 Å². The molecule has 2 rings (SSSR count). The predicted molar refractivity (Wildman–Crippen MR) is 97.4 cm³/mol. The largest absolute Gasteiger partial charge is 0.338 e. The molecule has 4 nitrogen and oxygen atoms in total. The van der Waals surface area contributed by atoms with Crippen LogP contribution in [0.25, 0.3) is 0 Å². The molecule has 23 heavy (non-hydrogen) atoms. The highest BCUT2D eigenvalue weighted by atomic mass is 35.5. The Morgan fingerprint density at radius 2 is 2.04 bits per heavy atom. The maximum atomic E-state index is 12.1. The van der Waals surface area contributed by atoms with Gasteiger partial charge >= 0.3 is 6.03 Å². The second kappa shape index (κ2) is 7.10. The Bertz CT molecular complexity index is 580. The van der Waals surface area contributed by atoms with E-state index in [0.29, 0.717) is 23.2 Å². The summed E-state index contributed by atoms with van der Waals surface area (Å²) < 4.78 is 0. The van der Waals surface area contributed by atoms with Gasteiger partial charge in [-0.1, -0.05) is 17.7 Å². The van der Waals surface area contributed by atoms with Crippen molar-refractivity contribution in [3.05, 3.63) is 28.3 Å². The second-order valence-electron chi connectivity index (χ2n) is 7.48. The van der Waals surface area contributed by atoms with Crippen LogP contribution >= 0.6 is 11.6 Å². The van der Waals surface area contributed by atoms with E-state index in [9.17, 15) is 4.79 Å². The van der Waals surface area contributed by atoms with Gasteiger partial charge in [-0.25, -0.2) is 4.79 Å². The third kappa shape index (κ3) is 4.61. The van der Waals surface area contributed by atoms with Gasteiger partial charge in [0.2, 0.25) is 0 Å². The summed E-state index contributed by atoms with van der Waals surface area (Å²) >= 11 is 6.29. The van der Waals surface area contributed by atoms with E-state index in [4.69, 9.17) is 11.6 Å². The van der Waals surface area contributed by atoms with Crippen LogP contribution in [-0.2, 0) is 0 Å². The van der Waals surface area contributed by atoms with Crippen LogP contribution in [0.3, 0.4) is 0 Å². The summed E-state index contributed by atoms with van der Waals surface area (Å²) in [6.07, 6.45) is 1.13. The summed E-state index contributed by atoms with van der Waals surface area (Å²) in [5, 5.41) is 6.43. The molecule has 0 spiro atoms. The summed E-state index contributed by atoms with van der Waals surface area (Å²) in [7, 11) is 0. The fourth-order valence-corrected chi connectivity index (χ4v) is 3.15. The number of carbonyl (C=O) groups is 1. The van der Waals surface area contributed by atoms with Crippen molar-refractivity contribution in [1.29, 1.82) is 0 Å². The molecule has 0 aromatic heterocycles. The minimum absolute atomic E-state index is 0.190. The Morgan fingerprint density at radius 3 is 2.65 bits per heavy atom. The number of rotatable bonds is 3. The predicted octanol–water partition coefficient (Wildman–Crippen LogP) is 4.20. The molecule has 1 aromatic rings. The van der Waals surface area contributed by atoms with Gasteiger partial charge in [-0.2, -0.15) is 0 Å². The zero-order valence-corrected chi connectivity index (χ0v) is 15.5. The van der Waals surface area contributed by atoms with Crippen molar-refractivity contribution < 1.29 is 4.79 Å². The molecule has 0 saturated carbocycles. The van der Waals surface area contributed by atoms with Gasteiger partial charge in [0.05, 0.1) is 10.7 Å². The highest BCUT2D eigenvalue weighted by Gasteiger charge is 2.30. The van der Waals surface area contributed by atoms with Crippen molar-refractivity contribution in [3.8, 4) is 0 Å². The van der Waals surface area contributed by atoms with Crippen molar-refractivity contribution in [2.75, 3.05) is 25.0 Å². The Morgan fingerprint density at radius 1 is 1.35 bits per heavy atom. The van der Waals surface area contributed by atoms with E-state index in [1.54, 1.807) is 0 Å². The molecule has 1 saturated heterocycles. The first-order valence-electron chi connectivity index (χ1n) is 8.24. The third-order valence-corrected chi connectivity index (χ3v) is 5.18. The molecule has 1 fully saturated rings. The lowest BCUT2D eigenvalue weighted by molar-refractivity contribution is 0.168. The number of benzene rings is 1. The van der Waals surface area contributed by atoms with E-state index in [1.807, 2.05) is 26.0 Å². The highest BCUT2D eigenvalue weighted by molar-refractivity contribution is 6.34. The second-order valence-corrected chi connectivity index (χ2v) is 7.85. The maximum absolute atomic E-state index is 12.1. The number of amides is 2. The van der Waals surface area contributed by atoms with Crippen LogP contribution in [0.15, 0.2) is 12.1 Å². The molecule has 1 aliphatic rings. The number of urea groups is 1. The Kier molecular flexibility index (Phi) is 5.58. The average molecular weight is 338 g/mol. The molecule has 0 radical (unpaired) electrons. The topological polar surface area (TPSA) is 44.4 Å². The number of halogens is 1. The van der Waals surface area contributed by atoms with Gasteiger partial charge in [0.1, 0.15) is 0 Å². The van der Waals surface area contributed by atoms with Crippen LogP contribution in [0.5, 0.6) is 0 Å². The van der Waals surface area contributed by atoms with Crippen molar-refractivity contribution in [1.82, 2.24) is 10.2 Å². The zero-order valence-electron chi connectivity index (χ0n) is 14.8. The van der Waals surface area contributed by atoms with E-state index < -0.39 is 0 Å². The number of hydrogen-bond donors (Lipinski definition) is 2. The molecule has 1 atom stereocenters. The van der Waals surface area contributed by atoms with Crippen molar-refractivity contribution in [2.24, 2.45) is 5.92 Å². The third-order valence-electron chi connectivity index (χ3n) is 4.69. The average Bonchev–Trinajstić information content (AvgIpc) is 2.95. The van der Waals surface area contributed by atoms with Gasteiger partial charge in [0, 0.05) is 18.6 Å². The van der Waals surface area contributed by atoms with Crippen LogP contribution in [0.4, 0.5) is 10.5 Å². The first-order valence-corrected chi connectivity index (χ1v) is 8.62. The van der Waals surface area contributed by atoms with E-state index in [1.165, 1.54) is 0 Å². The Balaban J connectivity index is 1.84. The number of hydrogen-bond acceptors (Lipinski definition) is 2. The van der Waals surface area contributed by atoms with Crippen LogP contribution < -0.4 is 10.6 Å². The maximum Gasteiger partial charge on any atom is 0.319 e. The first kappa shape index (κ1) is 18.1. The van der Waals surface area contributed by atoms with Crippen molar-refractivity contribution in [3.63, 3.8) is 0 Å². The fraction of sp³-hybridized carbons (Fsp3) is 0.611. The smallest absolute Gasteiger partial charge is 0.319 e. The SMILES string of the molecule is Cc1ccc(NC(=O)NCC2CCN(C(C)(C)C)C2)c(Cl)c1C. The first-order chi connectivity index (χ1) is 10.7. The van der Waals surface area contributed by atoms with Crippen molar-refractivity contribution >= 4 is 23.3 Å². The van der Waals surface area contributed by atoms with Crippen LogP contribution in [0.1, 0.15) is 38.3 Å². The van der Waals surface area contributed by atoms with Gasteiger partial charge in [-0.05, 0) is 70.7 Å². The van der Waals surface area contributed by atoms with Crippen molar-refractivity contribution in [2.45, 2.75) is 46.6 Å². The summed E-state index contributed by atoms with van der Waals surface area (Å²) in [5.74, 6) is 0.509. The molecule has 2 amide bonds. The quantitative estimate of drug-likeness (QED) is 0.868. The van der Waals surface area contributed by atoms with Gasteiger partial charge < -0.3 is 10.6 Å². The normalized spacial score (nSPS) is 19.0. The summed E-state index contributed by atoms with van der Waals surface area (Å²) in [4.78, 5) is 14.6. The number of nitrogens with one attached hydrogen (secondary N) is 2. The number of aryl methyl sites for hydroxylation is 1. The monoisotopic (exact) mass is 337 g/mol. The molecular weight excluding hydrogens is 310 g/mol. The fourth-order valence-electron chi connectivity index (χ4n) is 2.89. The molecule has 128 valence electrons. The molecule has 5 heteroatoms. The summed E-state index contributed by atoms with van der Waals surface area (Å²) in [6.45, 7) is 13.5. The Hall–Kier alpha value is -1.26. The molecule has 0 aliphatic carbocycles. The number of nitrogens with zero attached hydrogens (tertiary/aromatic N) is 1. The summed E-state index contributed by atoms with van der Waals surface area (Å²) in [6, 6.07) is 3.63. The number of anilines is 1. The van der Waals surface area contributed by atoms with Gasteiger partial charge in [-0.3, -0.25) is 4.90 Å². The van der Waals surface area contributed by atoms with Crippen LogP contribution in [-0.4, -0.2) is 36.1 Å². The lowest BCUT2D eigenvalue weighted by Gasteiger charge is -2.31. The minimum atomic E-state index is -0.190. The number of carbonyl (C=O) groups excluding carboxylic acids is 1. The van der Waals surface area contributed by atoms with Crippen LogP contribution in [0, 0.1) is 19.8 Å². The van der Waals surface area contributed by atoms with Gasteiger partial charge in [0.15, 0.2) is 0 Å². The molecule has 1 unspecified atom stereocenters. The standard InChI is InChI=1S/C18H28ClN3O/c1-12-6-7-15(16(19)13(12)2)21-17(23)20-10-14-8-9-22(11-14)18(3,4)5/h6-7,14H,8-11H2,1-5H3,(H2,20,21,23). The molecule has 2 N–H and O–H groups in total. The van der Waals surface area contributed by atoms with E-state index in [0.717, 1.165) is 30.6 Å². The lowest BCUT2D eigenvalue weighted by Crippen LogP contribution is -2.40. The van der Waals surface area contributed by atoms with E-state index in [-0.39, 0.29) is 11.6 Å². The van der Waals surface area contributed by atoms with E-state index >= 15 is 0 Å². The molecule has 1 aliphatic heterocycles. The summed E-state index contributed by atoms with van der Waals surface area (Å²) in [5.41, 5.74) is 2.98. The van der Waals surface area contributed by atoms with Gasteiger partial charge in [-0.15, -0.1) is 0 Å². The molecule has 1 heterocycles. The Labute approximate surface area is 144 Å². The lowest BCUT2D eigenvalue weighted by atomic mass is 10.1. The molecule has 0 bridgehead atoms. The highest BCUT2D eigenvalue weighted by Crippen LogP contribution is 2.28. The van der Waals surface area contributed by atoms with E-state index in [2.05, 4.69) is 36.3 Å². The molecular formula is C18H28ClN3O. The zero-order chi connectivity index (χ0) is 17.2. The number of likely N-dealkylation sites (tertiary alicyclic amines) is 1. The molecule has 1 aromatic carbocycles. The van der Waals surface area contributed by atoms with Gasteiger partial charge in [0.25, 0.3) is 0 Å².